The van der Waals surface area contributed by atoms with Crippen LogP contribution in [0.5, 0.6) is 5.75 Å². The van der Waals surface area contributed by atoms with Crippen molar-refractivity contribution in [2.45, 2.75) is 25.3 Å². The van der Waals surface area contributed by atoms with Crippen molar-refractivity contribution < 1.29 is 19.1 Å². The fourth-order valence-electron chi connectivity index (χ4n) is 3.08. The van der Waals surface area contributed by atoms with E-state index < -0.39 is 6.03 Å². The summed E-state index contributed by atoms with van der Waals surface area (Å²) >= 11 is 0. The Balaban J connectivity index is 1.80. The number of amides is 4. The van der Waals surface area contributed by atoms with E-state index in [9.17, 15) is 14.4 Å². The topological polar surface area (TPSA) is 99.8 Å². The second-order valence-electron chi connectivity index (χ2n) is 6.16. The average molecular weight is 346 g/mol. The Bertz CT molecular complexity index is 685. The van der Waals surface area contributed by atoms with E-state index in [-0.39, 0.29) is 30.8 Å². The zero-order chi connectivity index (χ0) is 17.8. The lowest BCUT2D eigenvalue weighted by atomic mass is 10.1. The van der Waals surface area contributed by atoms with Crippen LogP contribution in [-0.4, -0.2) is 50.6 Å². The van der Waals surface area contributed by atoms with Crippen LogP contribution in [0.15, 0.2) is 18.2 Å². The Hall–Kier alpha value is -2.61. The number of benzene rings is 1. The third-order valence-electron chi connectivity index (χ3n) is 4.42. The molecule has 3 rings (SSSR count). The van der Waals surface area contributed by atoms with Gasteiger partial charge >= 0.3 is 6.03 Å². The maximum absolute atomic E-state index is 12.5. The fraction of sp³-hybridized carbons (Fsp3) is 0.471. The molecule has 0 spiro atoms. The molecule has 2 aliphatic heterocycles. The van der Waals surface area contributed by atoms with Crippen LogP contribution in [0.4, 0.5) is 10.5 Å². The minimum absolute atomic E-state index is 0.0997. The molecule has 25 heavy (non-hydrogen) atoms. The van der Waals surface area contributed by atoms with E-state index in [1.54, 1.807) is 18.2 Å². The zero-order valence-corrected chi connectivity index (χ0v) is 14.1. The van der Waals surface area contributed by atoms with Crippen LogP contribution in [0.1, 0.15) is 29.6 Å². The van der Waals surface area contributed by atoms with Gasteiger partial charge in [0.1, 0.15) is 5.75 Å². The Morgan fingerprint density at radius 2 is 2.20 bits per heavy atom. The summed E-state index contributed by atoms with van der Waals surface area (Å²) in [6.07, 6.45) is 2.18. The molecule has 1 atom stereocenters. The number of rotatable bonds is 4. The zero-order valence-electron chi connectivity index (χ0n) is 14.1. The molecule has 0 radical (unpaired) electrons. The summed E-state index contributed by atoms with van der Waals surface area (Å²) in [5, 5.41) is 8.54. The summed E-state index contributed by atoms with van der Waals surface area (Å²) in [6.45, 7) is 1.98. The number of carbonyl (C=O) groups is 3. The minimum atomic E-state index is -0.511. The van der Waals surface area contributed by atoms with Gasteiger partial charge in [0, 0.05) is 31.1 Å². The molecular weight excluding hydrogens is 324 g/mol. The molecule has 4 amide bonds. The highest BCUT2D eigenvalue weighted by Gasteiger charge is 2.27. The first-order valence-electron chi connectivity index (χ1n) is 8.39. The van der Waals surface area contributed by atoms with Crippen molar-refractivity contribution in [3.05, 3.63) is 23.8 Å². The van der Waals surface area contributed by atoms with E-state index in [1.807, 2.05) is 0 Å². The Labute approximate surface area is 145 Å². The van der Waals surface area contributed by atoms with Gasteiger partial charge < -0.3 is 15.4 Å². The van der Waals surface area contributed by atoms with Gasteiger partial charge in [-0.15, -0.1) is 0 Å². The maximum atomic E-state index is 12.5. The summed E-state index contributed by atoms with van der Waals surface area (Å²) in [5.74, 6) is -0.0228. The largest absolute Gasteiger partial charge is 0.495 e. The van der Waals surface area contributed by atoms with E-state index in [4.69, 9.17) is 4.74 Å². The van der Waals surface area contributed by atoms with Crippen molar-refractivity contribution in [1.82, 2.24) is 16.0 Å². The number of nitrogens with zero attached hydrogens (tertiary/aromatic N) is 1. The molecular formula is C17H22N4O4. The third kappa shape index (κ3) is 3.90. The average Bonchev–Trinajstić information content (AvgIpc) is 2.62. The third-order valence-corrected chi connectivity index (χ3v) is 4.42. The van der Waals surface area contributed by atoms with Gasteiger partial charge in [-0.1, -0.05) is 0 Å². The summed E-state index contributed by atoms with van der Waals surface area (Å²) in [4.78, 5) is 37.4. The van der Waals surface area contributed by atoms with Crippen molar-refractivity contribution in [3.8, 4) is 5.75 Å². The second-order valence-corrected chi connectivity index (χ2v) is 6.16. The number of piperidine rings is 1. The molecule has 1 aromatic carbocycles. The standard InChI is InChI=1S/C17H22N4O4/c1-25-14-5-4-11(16(23)19-12-3-2-7-18-10-12)9-13(14)21-8-6-15(22)20-17(21)24/h4-5,9,12,18H,2-3,6-8,10H2,1H3,(H,19,23)(H,20,22,24)/t12-/m0/s1. The first-order chi connectivity index (χ1) is 12.1. The van der Waals surface area contributed by atoms with Gasteiger partial charge in [-0.2, -0.15) is 0 Å². The number of carbonyl (C=O) groups excluding carboxylic acids is 3. The Morgan fingerprint density at radius 1 is 1.36 bits per heavy atom. The van der Waals surface area contributed by atoms with Gasteiger partial charge in [-0.25, -0.2) is 4.79 Å². The van der Waals surface area contributed by atoms with Gasteiger partial charge in [0.2, 0.25) is 5.91 Å². The lowest BCUT2D eigenvalue weighted by Gasteiger charge is -2.28. The van der Waals surface area contributed by atoms with Crippen LogP contribution in [0.3, 0.4) is 0 Å². The van der Waals surface area contributed by atoms with Crippen molar-refractivity contribution in [2.24, 2.45) is 0 Å². The number of hydrogen-bond donors (Lipinski definition) is 3. The van der Waals surface area contributed by atoms with Crippen molar-refractivity contribution in [2.75, 3.05) is 31.6 Å². The lowest BCUT2D eigenvalue weighted by Crippen LogP contribution is -2.49. The Morgan fingerprint density at radius 3 is 2.88 bits per heavy atom. The molecule has 1 aromatic rings. The fourth-order valence-corrected chi connectivity index (χ4v) is 3.08. The van der Waals surface area contributed by atoms with E-state index in [1.165, 1.54) is 12.0 Å². The van der Waals surface area contributed by atoms with Crippen molar-refractivity contribution >= 4 is 23.5 Å². The van der Waals surface area contributed by atoms with Gasteiger partial charge in [-0.05, 0) is 37.6 Å². The van der Waals surface area contributed by atoms with Crippen LogP contribution < -0.4 is 25.6 Å². The molecule has 8 nitrogen and oxygen atoms in total. The molecule has 0 aliphatic carbocycles. The second kappa shape index (κ2) is 7.52. The van der Waals surface area contributed by atoms with Gasteiger partial charge in [0.05, 0.1) is 12.8 Å². The number of imide groups is 1. The van der Waals surface area contributed by atoms with Gasteiger partial charge in [-0.3, -0.25) is 19.8 Å². The molecule has 2 heterocycles. The molecule has 0 aromatic heterocycles. The summed E-state index contributed by atoms with van der Waals surface area (Å²) < 4.78 is 5.31. The highest BCUT2D eigenvalue weighted by molar-refractivity contribution is 6.07. The highest BCUT2D eigenvalue weighted by Crippen LogP contribution is 2.30. The Kier molecular flexibility index (Phi) is 5.18. The molecule has 0 bridgehead atoms. The SMILES string of the molecule is COc1ccc(C(=O)N[C@H]2CCCNC2)cc1N1CCC(=O)NC1=O. The number of anilines is 1. The normalized spacial score (nSPS) is 20.8. The minimum Gasteiger partial charge on any atom is -0.495 e. The first kappa shape index (κ1) is 17.2. The number of hydrogen-bond acceptors (Lipinski definition) is 5. The number of methoxy groups -OCH3 is 1. The smallest absolute Gasteiger partial charge is 0.328 e. The molecule has 0 saturated carbocycles. The number of ether oxygens (including phenoxy) is 1. The molecule has 8 heteroatoms. The lowest BCUT2D eigenvalue weighted by molar-refractivity contribution is -0.120. The summed E-state index contributed by atoms with van der Waals surface area (Å²) in [6, 6.07) is 4.54. The van der Waals surface area contributed by atoms with Crippen LogP contribution in [0.25, 0.3) is 0 Å². The van der Waals surface area contributed by atoms with Crippen LogP contribution in [0, 0.1) is 0 Å². The van der Waals surface area contributed by atoms with Gasteiger partial charge in [0.25, 0.3) is 5.91 Å². The quantitative estimate of drug-likeness (QED) is 0.742. The first-order valence-corrected chi connectivity index (χ1v) is 8.39. The molecule has 2 saturated heterocycles. The van der Waals surface area contributed by atoms with E-state index in [2.05, 4.69) is 16.0 Å². The van der Waals surface area contributed by atoms with E-state index >= 15 is 0 Å². The van der Waals surface area contributed by atoms with E-state index in [0.29, 0.717) is 17.0 Å². The molecule has 0 unspecified atom stereocenters. The maximum Gasteiger partial charge on any atom is 0.328 e. The van der Waals surface area contributed by atoms with Crippen LogP contribution in [0.2, 0.25) is 0 Å². The number of urea groups is 1. The molecule has 2 fully saturated rings. The number of nitrogens with one attached hydrogen (secondary N) is 3. The summed E-state index contributed by atoms with van der Waals surface area (Å²) in [5.41, 5.74) is 0.924. The van der Waals surface area contributed by atoms with Gasteiger partial charge in [0.15, 0.2) is 0 Å². The van der Waals surface area contributed by atoms with Crippen molar-refractivity contribution in [1.29, 1.82) is 0 Å². The predicted octanol–water partition coefficient (Wildman–Crippen LogP) is 0.623. The van der Waals surface area contributed by atoms with E-state index in [0.717, 1.165) is 25.9 Å². The molecule has 2 aliphatic rings. The molecule has 3 N–H and O–H groups in total. The highest BCUT2D eigenvalue weighted by atomic mass is 16.5. The van der Waals surface area contributed by atoms with Crippen LogP contribution in [-0.2, 0) is 4.79 Å². The predicted molar refractivity (Wildman–Crippen MR) is 91.9 cm³/mol. The monoisotopic (exact) mass is 346 g/mol. The summed E-state index contributed by atoms with van der Waals surface area (Å²) in [7, 11) is 1.50. The van der Waals surface area contributed by atoms with Crippen molar-refractivity contribution in [3.63, 3.8) is 0 Å². The van der Waals surface area contributed by atoms with Crippen LogP contribution >= 0.6 is 0 Å². The molecule has 134 valence electrons.